The average molecular weight is 427 g/mol. The molecule has 11 heteroatoms. The minimum absolute atomic E-state index is 0.259. The fourth-order valence-electron chi connectivity index (χ4n) is 2.18. The maximum absolute atomic E-state index is 12.0. The van der Waals surface area contributed by atoms with Crippen molar-refractivity contribution >= 4 is 44.7 Å². The lowest BCUT2D eigenvalue weighted by Gasteiger charge is -2.08. The van der Waals surface area contributed by atoms with Gasteiger partial charge in [0.2, 0.25) is 0 Å². The van der Waals surface area contributed by atoms with Crippen molar-refractivity contribution in [1.82, 2.24) is 0 Å². The number of sulfone groups is 1. The number of hydrogen-bond acceptors (Lipinski definition) is 7. The van der Waals surface area contributed by atoms with Gasteiger partial charge in [0, 0.05) is 23.0 Å². The summed E-state index contributed by atoms with van der Waals surface area (Å²) in [6, 6.07) is 7.66. The number of halogens is 1. The van der Waals surface area contributed by atoms with E-state index >= 15 is 0 Å². The molecule has 148 valence electrons. The summed E-state index contributed by atoms with van der Waals surface area (Å²) in [7, 11) is -3.86. The molecule has 0 unspecified atom stereocenters. The van der Waals surface area contributed by atoms with Crippen LogP contribution < -0.4 is 5.32 Å². The molecule has 0 spiro atoms. The van der Waals surface area contributed by atoms with Crippen LogP contribution in [0.25, 0.3) is 0 Å². The Bertz CT molecular complexity index is 1070. The summed E-state index contributed by atoms with van der Waals surface area (Å²) in [5.74, 6) is -1.66. The third kappa shape index (κ3) is 5.27. The van der Waals surface area contributed by atoms with Gasteiger partial charge in [0.05, 0.1) is 10.5 Å². The molecule has 0 fully saturated rings. The van der Waals surface area contributed by atoms with E-state index in [1.165, 1.54) is 6.07 Å². The highest BCUT2D eigenvalue weighted by Gasteiger charge is 2.24. The number of nitrogens with one attached hydrogen (secondary N) is 1. The lowest BCUT2D eigenvalue weighted by Crippen LogP contribution is -2.21. The van der Waals surface area contributed by atoms with E-state index in [0.29, 0.717) is 10.7 Å². The van der Waals surface area contributed by atoms with Gasteiger partial charge in [-0.1, -0.05) is 17.7 Å². The Balaban J connectivity index is 2.08. The molecule has 28 heavy (non-hydrogen) atoms. The van der Waals surface area contributed by atoms with Gasteiger partial charge in [-0.2, -0.15) is 0 Å². The molecule has 0 aromatic heterocycles. The van der Waals surface area contributed by atoms with Crippen molar-refractivity contribution in [2.24, 2.45) is 0 Å². The van der Waals surface area contributed by atoms with E-state index in [4.69, 9.17) is 16.3 Å². The van der Waals surface area contributed by atoms with Crippen LogP contribution >= 0.6 is 11.6 Å². The fourth-order valence-corrected chi connectivity index (χ4v) is 3.19. The second-order valence-electron chi connectivity index (χ2n) is 5.80. The number of rotatable bonds is 6. The monoisotopic (exact) mass is 426 g/mol. The second-order valence-corrected chi connectivity index (χ2v) is 8.19. The first-order chi connectivity index (χ1) is 13.0. The molecule has 0 heterocycles. The molecule has 2 aromatic carbocycles. The third-order valence-electron chi connectivity index (χ3n) is 3.58. The largest absolute Gasteiger partial charge is 0.452 e. The maximum atomic E-state index is 12.0. The summed E-state index contributed by atoms with van der Waals surface area (Å²) in [5, 5.41) is 14.0. The minimum Gasteiger partial charge on any atom is -0.452 e. The molecule has 0 aliphatic rings. The van der Waals surface area contributed by atoms with Gasteiger partial charge >= 0.3 is 5.97 Å². The van der Waals surface area contributed by atoms with Crippen molar-refractivity contribution in [3.63, 3.8) is 0 Å². The Morgan fingerprint density at radius 3 is 2.46 bits per heavy atom. The molecular weight excluding hydrogens is 412 g/mol. The summed E-state index contributed by atoms with van der Waals surface area (Å²) in [4.78, 5) is 33.6. The normalized spacial score (nSPS) is 11.0. The van der Waals surface area contributed by atoms with Crippen LogP contribution in [0.3, 0.4) is 0 Å². The van der Waals surface area contributed by atoms with Gasteiger partial charge in [-0.05, 0) is 36.8 Å². The lowest BCUT2D eigenvalue weighted by molar-refractivity contribution is -0.387. The smallest absolute Gasteiger partial charge is 0.338 e. The number of nitro groups is 1. The van der Waals surface area contributed by atoms with Crippen LogP contribution in [0, 0.1) is 17.0 Å². The number of benzene rings is 2. The number of nitro benzene ring substituents is 1. The topological polar surface area (TPSA) is 133 Å². The molecule has 0 saturated carbocycles. The number of anilines is 1. The van der Waals surface area contributed by atoms with Crippen LogP contribution in [0.5, 0.6) is 0 Å². The number of carbonyl (C=O) groups is 2. The van der Waals surface area contributed by atoms with Crippen LogP contribution in [0.15, 0.2) is 41.3 Å². The predicted molar refractivity (Wildman–Crippen MR) is 101 cm³/mol. The fraction of sp³-hybridized carbons (Fsp3) is 0.176. The predicted octanol–water partition coefficient (Wildman–Crippen LogP) is 2.76. The van der Waals surface area contributed by atoms with Crippen LogP contribution in [-0.4, -0.2) is 38.1 Å². The summed E-state index contributed by atoms with van der Waals surface area (Å²) in [6.07, 6.45) is 0.814. The van der Waals surface area contributed by atoms with E-state index < -0.39 is 43.8 Å². The molecule has 1 N–H and O–H groups in total. The molecule has 1 amide bonds. The van der Waals surface area contributed by atoms with Crippen LogP contribution in [-0.2, 0) is 19.4 Å². The molecule has 0 aliphatic carbocycles. The Morgan fingerprint density at radius 1 is 1.21 bits per heavy atom. The van der Waals surface area contributed by atoms with E-state index in [2.05, 4.69) is 5.32 Å². The molecule has 0 radical (unpaired) electrons. The standard InChI is InChI=1S/C17H15ClN2O7S/c1-10-3-5-12(8-13(10)18)19-16(21)9-27-17(22)11-4-6-15(28(2,25)26)14(7-11)20(23)24/h3-8H,9H2,1-2H3,(H,19,21). The first kappa shape index (κ1) is 21.3. The molecule has 2 aromatic rings. The van der Waals surface area contributed by atoms with Crippen molar-refractivity contribution in [1.29, 1.82) is 0 Å². The highest BCUT2D eigenvalue weighted by atomic mass is 35.5. The Hall–Kier alpha value is -2.98. The third-order valence-corrected chi connectivity index (χ3v) is 5.13. The SMILES string of the molecule is Cc1ccc(NC(=O)COC(=O)c2ccc(S(C)(=O)=O)c([N+](=O)[O-])c2)cc1Cl. The molecular formula is C17H15ClN2O7S. The van der Waals surface area contributed by atoms with E-state index in [1.54, 1.807) is 19.1 Å². The molecule has 0 atom stereocenters. The number of esters is 1. The van der Waals surface area contributed by atoms with Crippen molar-refractivity contribution in [2.45, 2.75) is 11.8 Å². The quantitative estimate of drug-likeness (QED) is 0.426. The molecule has 2 rings (SSSR count). The molecule has 0 bridgehead atoms. The first-order valence-corrected chi connectivity index (χ1v) is 9.97. The number of amides is 1. The van der Waals surface area contributed by atoms with E-state index in [-0.39, 0.29) is 5.56 Å². The summed E-state index contributed by atoms with van der Waals surface area (Å²) >= 11 is 5.96. The number of hydrogen-bond donors (Lipinski definition) is 1. The number of carbonyl (C=O) groups excluding carboxylic acids is 2. The zero-order valence-electron chi connectivity index (χ0n) is 14.8. The van der Waals surface area contributed by atoms with Gasteiger partial charge in [-0.3, -0.25) is 14.9 Å². The van der Waals surface area contributed by atoms with E-state index in [0.717, 1.165) is 30.0 Å². The molecule has 9 nitrogen and oxygen atoms in total. The highest BCUT2D eigenvalue weighted by Crippen LogP contribution is 2.25. The highest BCUT2D eigenvalue weighted by molar-refractivity contribution is 7.90. The first-order valence-electron chi connectivity index (χ1n) is 7.70. The van der Waals surface area contributed by atoms with Crippen molar-refractivity contribution < 1.29 is 27.7 Å². The Labute approximate surface area is 165 Å². The van der Waals surface area contributed by atoms with Crippen molar-refractivity contribution in [2.75, 3.05) is 18.2 Å². The summed E-state index contributed by atoms with van der Waals surface area (Å²) in [5.41, 5.74) is 0.219. The van der Waals surface area contributed by atoms with Crippen LogP contribution in [0.1, 0.15) is 15.9 Å². The minimum atomic E-state index is -3.86. The summed E-state index contributed by atoms with van der Waals surface area (Å²) in [6.45, 7) is 1.15. The Morgan fingerprint density at radius 2 is 1.89 bits per heavy atom. The molecule has 0 aliphatic heterocycles. The number of aryl methyl sites for hydroxylation is 1. The van der Waals surface area contributed by atoms with Gasteiger partial charge in [-0.15, -0.1) is 0 Å². The maximum Gasteiger partial charge on any atom is 0.338 e. The zero-order valence-corrected chi connectivity index (χ0v) is 16.3. The Kier molecular flexibility index (Phi) is 6.37. The lowest BCUT2D eigenvalue weighted by atomic mass is 10.2. The number of ether oxygens (including phenoxy) is 1. The molecule has 0 saturated heterocycles. The van der Waals surface area contributed by atoms with Crippen LogP contribution in [0.2, 0.25) is 5.02 Å². The van der Waals surface area contributed by atoms with Crippen LogP contribution in [0.4, 0.5) is 11.4 Å². The van der Waals surface area contributed by atoms with Gasteiger partial charge < -0.3 is 10.1 Å². The second kappa shape index (κ2) is 8.36. The summed E-state index contributed by atoms with van der Waals surface area (Å²) < 4.78 is 28.0. The average Bonchev–Trinajstić information content (AvgIpc) is 2.61. The van der Waals surface area contributed by atoms with Crippen molar-refractivity contribution in [3.8, 4) is 0 Å². The zero-order chi connectivity index (χ0) is 21.1. The van der Waals surface area contributed by atoms with Crippen molar-refractivity contribution in [3.05, 3.63) is 62.7 Å². The number of nitrogens with zero attached hydrogens (tertiary/aromatic N) is 1. The van der Waals surface area contributed by atoms with E-state index in [9.17, 15) is 28.1 Å². The van der Waals surface area contributed by atoms with Gasteiger partial charge in [-0.25, -0.2) is 13.2 Å². The van der Waals surface area contributed by atoms with Gasteiger partial charge in [0.15, 0.2) is 16.4 Å². The van der Waals surface area contributed by atoms with E-state index in [1.807, 2.05) is 0 Å². The van der Waals surface area contributed by atoms with Gasteiger partial charge in [0.25, 0.3) is 11.6 Å². The van der Waals surface area contributed by atoms with Gasteiger partial charge in [0.1, 0.15) is 4.90 Å².